The van der Waals surface area contributed by atoms with Crippen LogP contribution < -0.4 is 0 Å². The predicted octanol–water partition coefficient (Wildman–Crippen LogP) is 4.02. The largest absolute Gasteiger partial charge is 0.469 e. The number of hydrogen-bond acceptors (Lipinski definition) is 2. The van der Waals surface area contributed by atoms with Crippen LogP contribution in [-0.2, 0) is 6.42 Å². The second kappa shape index (κ2) is 4.90. The number of hydrogen-bond donors (Lipinski definition) is 1. The molecule has 1 unspecified atom stereocenters. The zero-order valence-electron chi connectivity index (χ0n) is 10.8. The van der Waals surface area contributed by atoms with E-state index in [0.717, 1.165) is 16.9 Å². The summed E-state index contributed by atoms with van der Waals surface area (Å²) < 4.78 is 5.25. The molecule has 1 atom stereocenters. The number of aliphatic hydroxyl groups is 1. The molecule has 19 heavy (non-hydrogen) atoms. The van der Waals surface area contributed by atoms with Gasteiger partial charge in [0.25, 0.3) is 0 Å². The Balaban J connectivity index is 1.96. The summed E-state index contributed by atoms with van der Waals surface area (Å²) in [7, 11) is 0. The highest BCUT2D eigenvalue weighted by atomic mass is 16.3. The molecule has 0 bridgehead atoms. The van der Waals surface area contributed by atoms with Gasteiger partial charge in [0, 0.05) is 12.0 Å². The maximum Gasteiger partial charge on any atom is 0.106 e. The normalized spacial score (nSPS) is 12.7. The standard InChI is InChI=1S/C17H16O2/c1-12-15(9-10-19-12)17(18)11-14-7-4-6-13-5-2-3-8-16(13)14/h2-10,17-18H,11H2,1H3. The Hall–Kier alpha value is -2.06. The zero-order valence-corrected chi connectivity index (χ0v) is 10.8. The van der Waals surface area contributed by atoms with Gasteiger partial charge in [-0.2, -0.15) is 0 Å². The highest BCUT2D eigenvalue weighted by molar-refractivity contribution is 5.85. The van der Waals surface area contributed by atoms with Crippen LogP contribution in [0.1, 0.15) is 23.0 Å². The van der Waals surface area contributed by atoms with Crippen LogP contribution >= 0.6 is 0 Å². The van der Waals surface area contributed by atoms with Gasteiger partial charge in [-0.15, -0.1) is 0 Å². The van der Waals surface area contributed by atoms with Crippen molar-refractivity contribution in [3.05, 3.63) is 71.7 Å². The average Bonchev–Trinajstić information content (AvgIpc) is 2.85. The summed E-state index contributed by atoms with van der Waals surface area (Å²) >= 11 is 0. The number of aliphatic hydroxyl groups excluding tert-OH is 1. The lowest BCUT2D eigenvalue weighted by Gasteiger charge is -2.12. The lowest BCUT2D eigenvalue weighted by molar-refractivity contribution is 0.177. The molecule has 0 amide bonds. The Morgan fingerprint density at radius 3 is 2.63 bits per heavy atom. The molecule has 2 heteroatoms. The van der Waals surface area contributed by atoms with Crippen LogP contribution in [0.3, 0.4) is 0 Å². The molecular formula is C17H16O2. The molecule has 0 aliphatic rings. The van der Waals surface area contributed by atoms with Gasteiger partial charge in [0.15, 0.2) is 0 Å². The Labute approximate surface area is 112 Å². The van der Waals surface area contributed by atoms with Crippen molar-refractivity contribution in [3.63, 3.8) is 0 Å². The second-order valence-electron chi connectivity index (χ2n) is 4.79. The van der Waals surface area contributed by atoms with Crippen molar-refractivity contribution in [3.8, 4) is 0 Å². The van der Waals surface area contributed by atoms with Crippen molar-refractivity contribution in [2.75, 3.05) is 0 Å². The highest BCUT2D eigenvalue weighted by Gasteiger charge is 2.14. The summed E-state index contributed by atoms with van der Waals surface area (Å²) in [4.78, 5) is 0. The molecule has 2 nitrogen and oxygen atoms in total. The monoisotopic (exact) mass is 252 g/mol. The number of aryl methyl sites for hydroxylation is 1. The molecule has 3 rings (SSSR count). The highest BCUT2D eigenvalue weighted by Crippen LogP contribution is 2.26. The van der Waals surface area contributed by atoms with E-state index in [2.05, 4.69) is 24.3 Å². The Kier molecular flexibility index (Phi) is 3.10. The van der Waals surface area contributed by atoms with Gasteiger partial charge in [0.2, 0.25) is 0 Å². The van der Waals surface area contributed by atoms with Crippen LogP contribution in [0.2, 0.25) is 0 Å². The first-order chi connectivity index (χ1) is 9.25. The lowest BCUT2D eigenvalue weighted by atomic mass is 9.97. The van der Waals surface area contributed by atoms with Crippen molar-refractivity contribution < 1.29 is 9.52 Å². The molecular weight excluding hydrogens is 236 g/mol. The van der Waals surface area contributed by atoms with Crippen LogP contribution in [0, 0.1) is 6.92 Å². The summed E-state index contributed by atoms with van der Waals surface area (Å²) in [5.74, 6) is 0.785. The molecule has 0 saturated heterocycles. The second-order valence-corrected chi connectivity index (χ2v) is 4.79. The first kappa shape index (κ1) is 12.0. The molecule has 1 N–H and O–H groups in total. The average molecular weight is 252 g/mol. The van der Waals surface area contributed by atoms with Gasteiger partial charge < -0.3 is 9.52 Å². The van der Waals surface area contributed by atoms with E-state index in [4.69, 9.17) is 4.42 Å². The fourth-order valence-corrected chi connectivity index (χ4v) is 2.53. The maximum absolute atomic E-state index is 10.3. The zero-order chi connectivity index (χ0) is 13.2. The SMILES string of the molecule is Cc1occc1C(O)Cc1cccc2ccccc12. The fraction of sp³-hybridized carbons (Fsp3) is 0.176. The molecule has 0 spiro atoms. The smallest absolute Gasteiger partial charge is 0.106 e. The van der Waals surface area contributed by atoms with Gasteiger partial charge in [-0.3, -0.25) is 0 Å². The molecule has 0 aliphatic carbocycles. The van der Waals surface area contributed by atoms with E-state index < -0.39 is 6.10 Å². The van der Waals surface area contributed by atoms with Crippen molar-refractivity contribution in [1.82, 2.24) is 0 Å². The van der Waals surface area contributed by atoms with Crippen LogP contribution in [0.15, 0.2) is 59.2 Å². The minimum Gasteiger partial charge on any atom is -0.469 e. The summed E-state index contributed by atoms with van der Waals surface area (Å²) in [5, 5.41) is 12.7. The molecule has 1 aromatic heterocycles. The van der Waals surface area contributed by atoms with E-state index in [9.17, 15) is 5.11 Å². The topological polar surface area (TPSA) is 33.4 Å². The summed E-state index contributed by atoms with van der Waals surface area (Å²) in [5.41, 5.74) is 2.03. The molecule has 0 aliphatic heterocycles. The van der Waals surface area contributed by atoms with Gasteiger partial charge in [-0.05, 0) is 29.3 Å². The maximum atomic E-state index is 10.3. The van der Waals surface area contributed by atoms with E-state index in [1.807, 2.05) is 31.2 Å². The molecule has 1 heterocycles. The Morgan fingerprint density at radius 1 is 1.05 bits per heavy atom. The Bertz CT molecular complexity index is 692. The molecule has 0 fully saturated rings. The summed E-state index contributed by atoms with van der Waals surface area (Å²) in [6, 6.07) is 16.3. The lowest BCUT2D eigenvalue weighted by Crippen LogP contribution is -2.02. The van der Waals surface area contributed by atoms with Gasteiger partial charge in [0.1, 0.15) is 5.76 Å². The first-order valence-electron chi connectivity index (χ1n) is 6.44. The summed E-state index contributed by atoms with van der Waals surface area (Å²) in [6.07, 6.45) is 1.70. The summed E-state index contributed by atoms with van der Waals surface area (Å²) in [6.45, 7) is 1.88. The number of benzene rings is 2. The third-order valence-corrected chi connectivity index (χ3v) is 3.55. The minimum absolute atomic E-state index is 0.524. The van der Waals surface area contributed by atoms with E-state index in [0.29, 0.717) is 6.42 Å². The van der Waals surface area contributed by atoms with Crippen LogP contribution in [-0.4, -0.2) is 5.11 Å². The van der Waals surface area contributed by atoms with E-state index in [1.54, 1.807) is 6.26 Å². The van der Waals surface area contributed by atoms with Gasteiger partial charge in [0.05, 0.1) is 12.4 Å². The Morgan fingerprint density at radius 2 is 1.84 bits per heavy atom. The third kappa shape index (κ3) is 2.27. The van der Waals surface area contributed by atoms with E-state index in [-0.39, 0.29) is 0 Å². The van der Waals surface area contributed by atoms with Crippen LogP contribution in [0.5, 0.6) is 0 Å². The van der Waals surface area contributed by atoms with Crippen molar-refractivity contribution in [1.29, 1.82) is 0 Å². The first-order valence-corrected chi connectivity index (χ1v) is 6.44. The van der Waals surface area contributed by atoms with E-state index in [1.165, 1.54) is 10.8 Å². The predicted molar refractivity (Wildman–Crippen MR) is 76.1 cm³/mol. The molecule has 96 valence electrons. The number of furan rings is 1. The van der Waals surface area contributed by atoms with Crippen molar-refractivity contribution in [2.45, 2.75) is 19.4 Å². The van der Waals surface area contributed by atoms with Crippen molar-refractivity contribution in [2.24, 2.45) is 0 Å². The van der Waals surface area contributed by atoms with E-state index >= 15 is 0 Å². The number of fused-ring (bicyclic) bond motifs is 1. The fourth-order valence-electron chi connectivity index (χ4n) is 2.53. The quantitative estimate of drug-likeness (QED) is 0.763. The molecule has 3 aromatic rings. The minimum atomic E-state index is -0.524. The van der Waals surface area contributed by atoms with Crippen LogP contribution in [0.25, 0.3) is 10.8 Å². The van der Waals surface area contributed by atoms with Gasteiger partial charge in [-0.25, -0.2) is 0 Å². The third-order valence-electron chi connectivity index (χ3n) is 3.55. The van der Waals surface area contributed by atoms with Crippen molar-refractivity contribution >= 4 is 10.8 Å². The van der Waals surface area contributed by atoms with Gasteiger partial charge >= 0.3 is 0 Å². The molecule has 0 saturated carbocycles. The van der Waals surface area contributed by atoms with Gasteiger partial charge in [-0.1, -0.05) is 42.5 Å². The molecule has 0 radical (unpaired) electrons. The van der Waals surface area contributed by atoms with Crippen LogP contribution in [0.4, 0.5) is 0 Å². The number of rotatable bonds is 3. The molecule has 2 aromatic carbocycles.